The van der Waals surface area contributed by atoms with E-state index in [9.17, 15) is 9.59 Å². The predicted octanol–water partition coefficient (Wildman–Crippen LogP) is 6.95. The fourth-order valence-electron chi connectivity index (χ4n) is 4.80. The van der Waals surface area contributed by atoms with Crippen molar-refractivity contribution < 1.29 is 9.59 Å². The molecule has 1 aliphatic rings. The number of carbonyl (C=O) groups excluding carboxylic acids is 2. The van der Waals surface area contributed by atoms with Crippen LogP contribution >= 0.6 is 0 Å². The van der Waals surface area contributed by atoms with Crippen molar-refractivity contribution in [1.82, 2.24) is 0 Å². The van der Waals surface area contributed by atoms with Crippen LogP contribution in [0.5, 0.6) is 0 Å². The lowest BCUT2D eigenvalue weighted by Gasteiger charge is -2.23. The van der Waals surface area contributed by atoms with Crippen molar-refractivity contribution in [2.24, 2.45) is 0 Å². The number of fused-ring (bicyclic) bond motifs is 3. The van der Waals surface area contributed by atoms with Gasteiger partial charge in [0.25, 0.3) is 0 Å². The zero-order valence-corrected chi connectivity index (χ0v) is 17.6. The second-order valence-electron chi connectivity index (χ2n) is 8.56. The Bertz CT molecular complexity index is 1240. The maximum atomic E-state index is 11.5. The largest absolute Gasteiger partial charge is 0.298 e. The summed E-state index contributed by atoms with van der Waals surface area (Å²) < 4.78 is 0. The summed E-state index contributed by atoms with van der Waals surface area (Å²) in [4.78, 5) is 23.1. The molecule has 0 N–H and O–H groups in total. The Morgan fingerprint density at radius 3 is 1.39 bits per heavy atom. The van der Waals surface area contributed by atoms with Crippen LogP contribution < -0.4 is 0 Å². The summed E-state index contributed by atoms with van der Waals surface area (Å²) in [5.74, 6) is 0. The van der Waals surface area contributed by atoms with Crippen molar-refractivity contribution in [1.29, 1.82) is 0 Å². The molecule has 2 nitrogen and oxygen atoms in total. The van der Waals surface area contributed by atoms with Gasteiger partial charge in [0.05, 0.1) is 0 Å². The highest BCUT2D eigenvalue weighted by Gasteiger charge is 2.36. The molecular formula is C29H22O2. The van der Waals surface area contributed by atoms with E-state index in [0.29, 0.717) is 11.1 Å². The standard InChI is InChI=1S/C29H22O2/c1-29(2)27-15-19(23-9-5-3-7-21(23)17-30)11-13-25(27)26-14-12-20(16-28(26)29)24-10-6-4-8-22(24)18-31/h3-18H,1-2H3. The Hall–Kier alpha value is -3.78. The molecule has 0 spiro atoms. The predicted molar refractivity (Wildman–Crippen MR) is 126 cm³/mol. The first kappa shape index (κ1) is 19.2. The van der Waals surface area contributed by atoms with Gasteiger partial charge in [-0.05, 0) is 56.6 Å². The van der Waals surface area contributed by atoms with Crippen LogP contribution in [0.15, 0.2) is 84.9 Å². The van der Waals surface area contributed by atoms with Crippen LogP contribution in [0, 0.1) is 0 Å². The van der Waals surface area contributed by atoms with E-state index in [2.05, 4.69) is 50.2 Å². The minimum absolute atomic E-state index is 0.192. The topological polar surface area (TPSA) is 34.1 Å². The lowest BCUT2D eigenvalue weighted by Crippen LogP contribution is -2.15. The molecule has 0 atom stereocenters. The van der Waals surface area contributed by atoms with Gasteiger partial charge in [0.15, 0.2) is 12.6 Å². The van der Waals surface area contributed by atoms with Gasteiger partial charge in [-0.3, -0.25) is 9.59 Å². The van der Waals surface area contributed by atoms with Crippen LogP contribution in [0.2, 0.25) is 0 Å². The molecular weight excluding hydrogens is 380 g/mol. The van der Waals surface area contributed by atoms with E-state index in [1.54, 1.807) is 0 Å². The van der Waals surface area contributed by atoms with E-state index in [4.69, 9.17) is 0 Å². The van der Waals surface area contributed by atoms with E-state index < -0.39 is 0 Å². The second kappa shape index (κ2) is 7.17. The zero-order valence-electron chi connectivity index (χ0n) is 17.6. The van der Waals surface area contributed by atoms with Crippen LogP contribution in [0.4, 0.5) is 0 Å². The van der Waals surface area contributed by atoms with E-state index in [-0.39, 0.29) is 5.41 Å². The molecule has 0 aliphatic heterocycles. The first-order valence-electron chi connectivity index (χ1n) is 10.4. The maximum Gasteiger partial charge on any atom is 0.150 e. The molecule has 0 heterocycles. The minimum atomic E-state index is -0.192. The van der Waals surface area contributed by atoms with Gasteiger partial charge in [-0.25, -0.2) is 0 Å². The molecule has 31 heavy (non-hydrogen) atoms. The quantitative estimate of drug-likeness (QED) is 0.346. The van der Waals surface area contributed by atoms with Crippen LogP contribution in [-0.2, 0) is 5.41 Å². The number of carbonyl (C=O) groups is 2. The molecule has 0 amide bonds. The summed E-state index contributed by atoms with van der Waals surface area (Å²) in [5, 5.41) is 0. The van der Waals surface area contributed by atoms with E-state index in [1.807, 2.05) is 48.5 Å². The fraction of sp³-hybridized carbons (Fsp3) is 0.103. The summed E-state index contributed by atoms with van der Waals surface area (Å²) >= 11 is 0. The molecule has 2 heteroatoms. The van der Waals surface area contributed by atoms with Gasteiger partial charge in [0.2, 0.25) is 0 Å². The van der Waals surface area contributed by atoms with Crippen molar-refractivity contribution in [3.63, 3.8) is 0 Å². The fourth-order valence-corrected chi connectivity index (χ4v) is 4.80. The molecule has 0 unspecified atom stereocenters. The third kappa shape index (κ3) is 2.95. The van der Waals surface area contributed by atoms with Gasteiger partial charge in [0.1, 0.15) is 0 Å². The third-order valence-corrected chi connectivity index (χ3v) is 6.47. The van der Waals surface area contributed by atoms with Crippen LogP contribution in [0.3, 0.4) is 0 Å². The minimum Gasteiger partial charge on any atom is -0.298 e. The molecule has 0 aromatic heterocycles. The normalized spacial score (nSPS) is 13.4. The van der Waals surface area contributed by atoms with E-state index >= 15 is 0 Å². The van der Waals surface area contributed by atoms with Crippen molar-refractivity contribution >= 4 is 12.6 Å². The summed E-state index contributed by atoms with van der Waals surface area (Å²) in [6.07, 6.45) is 1.83. The highest BCUT2D eigenvalue weighted by molar-refractivity contribution is 5.92. The first-order valence-corrected chi connectivity index (χ1v) is 10.4. The Morgan fingerprint density at radius 2 is 0.968 bits per heavy atom. The monoisotopic (exact) mass is 402 g/mol. The van der Waals surface area contributed by atoms with E-state index in [0.717, 1.165) is 34.8 Å². The maximum absolute atomic E-state index is 11.5. The van der Waals surface area contributed by atoms with Crippen LogP contribution in [0.1, 0.15) is 45.7 Å². The summed E-state index contributed by atoms with van der Waals surface area (Å²) in [6, 6.07) is 28.4. The highest BCUT2D eigenvalue weighted by atomic mass is 16.1. The number of hydrogen-bond donors (Lipinski definition) is 0. The average Bonchev–Trinajstić information content (AvgIpc) is 3.05. The molecule has 4 aromatic rings. The van der Waals surface area contributed by atoms with Gasteiger partial charge in [0, 0.05) is 16.5 Å². The zero-order chi connectivity index (χ0) is 21.6. The number of benzene rings is 4. The van der Waals surface area contributed by atoms with Gasteiger partial charge < -0.3 is 0 Å². The number of rotatable bonds is 4. The van der Waals surface area contributed by atoms with Crippen LogP contribution in [0.25, 0.3) is 33.4 Å². The average molecular weight is 402 g/mol. The lowest BCUT2D eigenvalue weighted by molar-refractivity contribution is 0.111. The first-order chi connectivity index (χ1) is 15.0. The molecule has 1 aliphatic carbocycles. The number of aldehydes is 2. The Morgan fingerprint density at radius 1 is 0.548 bits per heavy atom. The van der Waals surface area contributed by atoms with Gasteiger partial charge in [-0.15, -0.1) is 0 Å². The molecule has 150 valence electrons. The highest BCUT2D eigenvalue weighted by Crippen LogP contribution is 2.50. The molecule has 4 aromatic carbocycles. The summed E-state index contributed by atoms with van der Waals surface area (Å²) in [5.41, 5.74) is 10.2. The second-order valence-corrected chi connectivity index (χ2v) is 8.56. The molecule has 0 bridgehead atoms. The van der Waals surface area contributed by atoms with Crippen molar-refractivity contribution in [3.05, 3.63) is 107 Å². The molecule has 0 saturated carbocycles. The van der Waals surface area contributed by atoms with Crippen LogP contribution in [-0.4, -0.2) is 12.6 Å². The molecule has 5 rings (SSSR count). The van der Waals surface area contributed by atoms with Crippen molar-refractivity contribution in [2.75, 3.05) is 0 Å². The van der Waals surface area contributed by atoms with Crippen molar-refractivity contribution in [3.8, 4) is 33.4 Å². The molecule has 0 fully saturated rings. The van der Waals surface area contributed by atoms with E-state index in [1.165, 1.54) is 22.3 Å². The van der Waals surface area contributed by atoms with Gasteiger partial charge in [-0.2, -0.15) is 0 Å². The van der Waals surface area contributed by atoms with Gasteiger partial charge in [-0.1, -0.05) is 86.6 Å². The Kier molecular flexibility index (Phi) is 4.44. The van der Waals surface area contributed by atoms with Crippen molar-refractivity contribution in [2.45, 2.75) is 19.3 Å². The van der Waals surface area contributed by atoms with Gasteiger partial charge >= 0.3 is 0 Å². The smallest absolute Gasteiger partial charge is 0.150 e. The lowest BCUT2D eigenvalue weighted by atomic mass is 9.80. The number of hydrogen-bond acceptors (Lipinski definition) is 2. The molecule has 0 radical (unpaired) electrons. The molecule has 0 saturated heterocycles. The Balaban J connectivity index is 1.66. The Labute approximate surface area is 182 Å². The SMILES string of the molecule is CC1(C)c2cc(-c3ccccc3C=O)ccc2-c2ccc(-c3ccccc3C=O)cc21. The third-order valence-electron chi connectivity index (χ3n) is 6.47. The summed E-state index contributed by atoms with van der Waals surface area (Å²) in [6.45, 7) is 4.48. The summed E-state index contributed by atoms with van der Waals surface area (Å²) in [7, 11) is 0.